The summed E-state index contributed by atoms with van der Waals surface area (Å²) in [5.74, 6) is 0.875. The lowest BCUT2D eigenvalue weighted by molar-refractivity contribution is 0.415. The molecule has 0 unspecified atom stereocenters. The first-order chi connectivity index (χ1) is 20.0. The number of benzene rings is 5. The van der Waals surface area contributed by atoms with E-state index in [2.05, 4.69) is 130 Å². The molecule has 0 spiro atoms. The van der Waals surface area contributed by atoms with Crippen molar-refractivity contribution < 1.29 is 4.74 Å². The molecule has 0 aliphatic carbocycles. The maximum absolute atomic E-state index is 5.37. The van der Waals surface area contributed by atoms with Crippen LogP contribution in [0.15, 0.2) is 103 Å². The van der Waals surface area contributed by atoms with Crippen molar-refractivity contribution in [2.45, 2.75) is 34.1 Å². The number of allylic oxidation sites excluding steroid dienone is 3. The Balaban J connectivity index is 1.43. The Morgan fingerprint density at radius 3 is 2.02 bits per heavy atom. The zero-order chi connectivity index (χ0) is 28.5. The first-order valence-electron chi connectivity index (χ1n) is 14.6. The van der Waals surface area contributed by atoms with Gasteiger partial charge in [-0.2, -0.15) is 0 Å². The lowest BCUT2D eigenvalue weighted by atomic mass is 9.93. The molecule has 0 aromatic heterocycles. The fourth-order valence-corrected chi connectivity index (χ4v) is 6.07. The van der Waals surface area contributed by atoms with Crippen LogP contribution in [0.4, 0.5) is 11.4 Å². The molecule has 0 bridgehead atoms. The van der Waals surface area contributed by atoms with Crippen LogP contribution in [-0.4, -0.2) is 13.7 Å². The number of hydrogen-bond acceptors (Lipinski definition) is 2. The molecule has 0 atom stereocenters. The molecule has 0 saturated carbocycles. The average Bonchev–Trinajstić information content (AvgIpc) is 3.11. The van der Waals surface area contributed by atoms with Crippen molar-refractivity contribution in [3.05, 3.63) is 125 Å². The highest BCUT2D eigenvalue weighted by molar-refractivity contribution is 6.01. The highest BCUT2D eigenvalue weighted by Crippen LogP contribution is 2.45. The van der Waals surface area contributed by atoms with Gasteiger partial charge in [0.2, 0.25) is 0 Å². The minimum absolute atomic E-state index is 0.875. The van der Waals surface area contributed by atoms with Gasteiger partial charge in [-0.05, 0) is 119 Å². The maximum Gasteiger partial charge on any atom is 0.118 e. The summed E-state index contributed by atoms with van der Waals surface area (Å²) in [7, 11) is 1.71. The molecule has 5 aromatic rings. The maximum atomic E-state index is 5.37. The smallest absolute Gasteiger partial charge is 0.118 e. The van der Waals surface area contributed by atoms with Crippen LogP contribution < -0.4 is 9.64 Å². The van der Waals surface area contributed by atoms with Crippen LogP contribution in [0.3, 0.4) is 0 Å². The van der Waals surface area contributed by atoms with Crippen molar-refractivity contribution >= 4 is 44.9 Å². The van der Waals surface area contributed by atoms with Crippen molar-refractivity contribution in [3.63, 3.8) is 0 Å². The average molecular weight is 536 g/mol. The second kappa shape index (κ2) is 11.1. The fourth-order valence-electron chi connectivity index (χ4n) is 6.07. The van der Waals surface area contributed by atoms with E-state index in [9.17, 15) is 0 Å². The monoisotopic (exact) mass is 535 g/mol. The molecule has 0 saturated heterocycles. The Bertz CT molecular complexity index is 1810. The summed E-state index contributed by atoms with van der Waals surface area (Å²) in [6, 6.07) is 37.6. The van der Waals surface area contributed by atoms with E-state index in [-0.39, 0.29) is 0 Å². The lowest BCUT2D eigenvalue weighted by Crippen LogP contribution is -2.17. The number of ether oxygens (including phenoxy) is 1. The molecule has 0 N–H and O–H groups in total. The number of nitrogens with zero attached hydrogens (tertiary/aromatic N) is 1. The second-order valence-electron chi connectivity index (χ2n) is 10.8. The Labute approximate surface area is 244 Å². The summed E-state index contributed by atoms with van der Waals surface area (Å²) >= 11 is 0. The van der Waals surface area contributed by atoms with Crippen molar-refractivity contribution in [2.24, 2.45) is 0 Å². The third kappa shape index (κ3) is 4.95. The van der Waals surface area contributed by atoms with E-state index in [1.54, 1.807) is 7.11 Å². The van der Waals surface area contributed by atoms with Gasteiger partial charge in [-0.15, -0.1) is 0 Å². The highest BCUT2D eigenvalue weighted by Gasteiger charge is 2.23. The Kier molecular flexibility index (Phi) is 7.24. The minimum atomic E-state index is 0.875. The molecule has 6 rings (SSSR count). The molecule has 204 valence electrons. The molecular formula is C39H37NO. The van der Waals surface area contributed by atoms with Crippen molar-refractivity contribution in [1.29, 1.82) is 0 Å². The van der Waals surface area contributed by atoms with Crippen LogP contribution in [0.2, 0.25) is 0 Å². The van der Waals surface area contributed by atoms with Gasteiger partial charge in [-0.25, -0.2) is 0 Å². The van der Waals surface area contributed by atoms with E-state index in [1.807, 2.05) is 12.1 Å². The van der Waals surface area contributed by atoms with Gasteiger partial charge in [0.1, 0.15) is 5.75 Å². The standard InChI is InChI=1S/C39H37NO/c1-6-29(33-14-13-30-10-8-9-11-32(30)24-33)22-28-12-20-38-36(23-28)26(3)27(4)37-25-34(17-21-39(37)40(38)7-2)31-15-18-35(41-5)19-16-31/h8-25H,6-7H2,1-5H3/b29-22+. The van der Waals surface area contributed by atoms with E-state index in [4.69, 9.17) is 4.74 Å². The fraction of sp³-hybridized carbons (Fsp3) is 0.179. The van der Waals surface area contributed by atoms with E-state index in [1.165, 1.54) is 72.2 Å². The molecule has 1 aliphatic rings. The van der Waals surface area contributed by atoms with Crippen LogP contribution in [0.1, 0.15) is 56.4 Å². The Morgan fingerprint density at radius 1 is 0.683 bits per heavy atom. The van der Waals surface area contributed by atoms with Gasteiger partial charge in [-0.1, -0.05) is 73.7 Å². The van der Waals surface area contributed by atoms with Crippen LogP contribution in [0.5, 0.6) is 5.75 Å². The van der Waals surface area contributed by atoms with E-state index >= 15 is 0 Å². The molecule has 1 heterocycles. The second-order valence-corrected chi connectivity index (χ2v) is 10.8. The molecule has 2 nitrogen and oxygen atoms in total. The van der Waals surface area contributed by atoms with Crippen LogP contribution in [0, 0.1) is 0 Å². The molecule has 0 radical (unpaired) electrons. The Morgan fingerprint density at radius 2 is 1.34 bits per heavy atom. The van der Waals surface area contributed by atoms with Gasteiger partial charge >= 0.3 is 0 Å². The number of hydrogen-bond donors (Lipinski definition) is 0. The molecule has 0 amide bonds. The SMILES string of the molecule is CC/C(=C\c1ccc2c(c1)C(C)=C(C)c1cc(-c3ccc(OC)cc3)ccc1N2CC)c1ccc2ccccc2c1. The highest BCUT2D eigenvalue weighted by atomic mass is 16.5. The lowest BCUT2D eigenvalue weighted by Gasteiger charge is -2.26. The topological polar surface area (TPSA) is 12.5 Å². The van der Waals surface area contributed by atoms with Gasteiger partial charge in [0.15, 0.2) is 0 Å². The number of rotatable bonds is 6. The largest absolute Gasteiger partial charge is 0.497 e. The predicted molar refractivity (Wildman–Crippen MR) is 178 cm³/mol. The Hall–Kier alpha value is -4.56. The first kappa shape index (κ1) is 26.7. The van der Waals surface area contributed by atoms with E-state index in [0.29, 0.717) is 0 Å². The van der Waals surface area contributed by atoms with Gasteiger partial charge in [-0.3, -0.25) is 0 Å². The van der Waals surface area contributed by atoms with Crippen molar-refractivity contribution in [3.8, 4) is 16.9 Å². The summed E-state index contributed by atoms with van der Waals surface area (Å²) in [5.41, 5.74) is 14.0. The van der Waals surface area contributed by atoms with Gasteiger partial charge in [0.05, 0.1) is 7.11 Å². The number of fused-ring (bicyclic) bond motifs is 3. The minimum Gasteiger partial charge on any atom is -0.497 e. The summed E-state index contributed by atoms with van der Waals surface area (Å²) in [6.07, 6.45) is 3.34. The molecule has 41 heavy (non-hydrogen) atoms. The van der Waals surface area contributed by atoms with Crippen LogP contribution >= 0.6 is 0 Å². The van der Waals surface area contributed by atoms with Gasteiger partial charge in [0, 0.05) is 29.0 Å². The third-order valence-electron chi connectivity index (χ3n) is 8.55. The molecule has 0 fully saturated rings. The van der Waals surface area contributed by atoms with Gasteiger partial charge < -0.3 is 9.64 Å². The molecule has 5 aromatic carbocycles. The van der Waals surface area contributed by atoms with Crippen molar-refractivity contribution in [2.75, 3.05) is 18.6 Å². The predicted octanol–water partition coefficient (Wildman–Crippen LogP) is 10.9. The van der Waals surface area contributed by atoms with E-state index in [0.717, 1.165) is 18.7 Å². The number of methoxy groups -OCH3 is 1. The molecule has 1 aliphatic heterocycles. The van der Waals surface area contributed by atoms with Crippen LogP contribution in [0.25, 0.3) is 44.7 Å². The quantitative estimate of drug-likeness (QED) is 0.201. The van der Waals surface area contributed by atoms with Crippen molar-refractivity contribution in [1.82, 2.24) is 0 Å². The summed E-state index contributed by atoms with van der Waals surface area (Å²) in [4.78, 5) is 2.46. The van der Waals surface area contributed by atoms with Crippen LogP contribution in [-0.2, 0) is 0 Å². The van der Waals surface area contributed by atoms with E-state index < -0.39 is 0 Å². The third-order valence-corrected chi connectivity index (χ3v) is 8.55. The normalized spacial score (nSPS) is 13.2. The summed E-state index contributed by atoms with van der Waals surface area (Å²) in [6.45, 7) is 9.92. The summed E-state index contributed by atoms with van der Waals surface area (Å²) < 4.78 is 5.37. The zero-order valence-corrected chi connectivity index (χ0v) is 24.7. The summed E-state index contributed by atoms with van der Waals surface area (Å²) in [5, 5.41) is 2.56. The molecular weight excluding hydrogens is 498 g/mol. The molecule has 2 heteroatoms. The zero-order valence-electron chi connectivity index (χ0n) is 24.7. The first-order valence-corrected chi connectivity index (χ1v) is 14.6. The van der Waals surface area contributed by atoms with Gasteiger partial charge in [0.25, 0.3) is 0 Å². The number of anilines is 2.